The molecule has 0 radical (unpaired) electrons. The largest absolute Gasteiger partial charge is 0.507 e. The van der Waals surface area contributed by atoms with Crippen LogP contribution in [0, 0.1) is 13.8 Å². The molecular weight excluding hydrogens is 576 g/mol. The third-order valence-electron chi connectivity index (χ3n) is 7.34. The van der Waals surface area contributed by atoms with E-state index in [0.717, 1.165) is 34.4 Å². The van der Waals surface area contributed by atoms with E-state index in [1.807, 2.05) is 68.4 Å². The second-order valence-corrected chi connectivity index (χ2v) is 11.3. The van der Waals surface area contributed by atoms with E-state index in [4.69, 9.17) is 9.47 Å². The molecule has 1 amide bonds. The maximum Gasteiger partial charge on any atom is 0.350 e. The molecule has 0 unspecified atom stereocenters. The van der Waals surface area contributed by atoms with Crippen LogP contribution in [-0.2, 0) is 27.4 Å². The fraction of sp³-hybridized carbons (Fsp3) is 0.200. The molecular formula is C35H32N2O6S. The topological polar surface area (TPSA) is 106 Å². The Morgan fingerprint density at radius 1 is 1.05 bits per heavy atom. The van der Waals surface area contributed by atoms with E-state index in [1.165, 1.54) is 11.0 Å². The lowest BCUT2D eigenvalue weighted by Crippen LogP contribution is -2.29. The van der Waals surface area contributed by atoms with Crippen molar-refractivity contribution in [2.24, 2.45) is 0 Å². The highest BCUT2D eigenvalue weighted by Gasteiger charge is 2.48. The number of ether oxygens (including phenoxy) is 2. The van der Waals surface area contributed by atoms with Crippen LogP contribution in [0.5, 0.6) is 5.75 Å². The van der Waals surface area contributed by atoms with E-state index < -0.39 is 23.7 Å². The highest BCUT2D eigenvalue weighted by molar-refractivity contribution is 7.17. The van der Waals surface area contributed by atoms with Gasteiger partial charge in [-0.15, -0.1) is 0 Å². The molecule has 1 fully saturated rings. The lowest BCUT2D eigenvalue weighted by atomic mass is 9.94. The maximum atomic E-state index is 13.6. The average molecular weight is 609 g/mol. The van der Waals surface area contributed by atoms with Crippen molar-refractivity contribution in [2.45, 2.75) is 39.8 Å². The van der Waals surface area contributed by atoms with Crippen molar-refractivity contribution >= 4 is 39.9 Å². The zero-order valence-corrected chi connectivity index (χ0v) is 25.5. The Morgan fingerprint density at radius 2 is 1.77 bits per heavy atom. The molecule has 1 N–H and O–H groups in total. The second-order valence-electron chi connectivity index (χ2n) is 10.3. The molecule has 1 aromatic heterocycles. The Labute approximate surface area is 259 Å². The monoisotopic (exact) mass is 608 g/mol. The first-order valence-electron chi connectivity index (χ1n) is 14.2. The summed E-state index contributed by atoms with van der Waals surface area (Å²) >= 11 is 0.957. The molecule has 1 saturated heterocycles. The Morgan fingerprint density at radius 3 is 2.43 bits per heavy atom. The van der Waals surface area contributed by atoms with Gasteiger partial charge in [-0.25, -0.2) is 9.78 Å². The number of aliphatic hydroxyl groups is 1. The van der Waals surface area contributed by atoms with Gasteiger partial charge in [0, 0.05) is 5.56 Å². The summed E-state index contributed by atoms with van der Waals surface area (Å²) in [5.41, 5.74) is 4.12. The van der Waals surface area contributed by atoms with E-state index >= 15 is 0 Å². The molecule has 3 aromatic carbocycles. The van der Waals surface area contributed by atoms with Crippen molar-refractivity contribution in [3.8, 4) is 5.75 Å². The molecule has 4 aromatic rings. The van der Waals surface area contributed by atoms with Crippen molar-refractivity contribution in [1.82, 2.24) is 4.98 Å². The predicted molar refractivity (Wildman–Crippen MR) is 170 cm³/mol. The lowest BCUT2D eigenvalue weighted by Gasteiger charge is -2.23. The zero-order chi connectivity index (χ0) is 31.4. The summed E-state index contributed by atoms with van der Waals surface area (Å²) in [6, 6.07) is 21.4. The number of aliphatic hydroxyl groups excluding tert-OH is 1. The number of thiazole rings is 1. The van der Waals surface area contributed by atoms with Crippen LogP contribution in [0.15, 0.2) is 91.0 Å². The summed E-state index contributed by atoms with van der Waals surface area (Å²) < 4.78 is 11.2. The number of aromatic nitrogens is 1. The number of rotatable bonds is 10. The minimum Gasteiger partial charge on any atom is -0.507 e. The van der Waals surface area contributed by atoms with E-state index in [0.29, 0.717) is 29.2 Å². The summed E-state index contributed by atoms with van der Waals surface area (Å²) in [7, 11) is 0. The number of ketones is 1. The van der Waals surface area contributed by atoms with Crippen molar-refractivity contribution in [2.75, 3.05) is 11.5 Å². The first-order valence-corrected chi connectivity index (χ1v) is 15.0. The van der Waals surface area contributed by atoms with E-state index in [-0.39, 0.29) is 27.9 Å². The smallest absolute Gasteiger partial charge is 0.350 e. The van der Waals surface area contributed by atoms with Gasteiger partial charge in [0.15, 0.2) is 5.13 Å². The Kier molecular flexibility index (Phi) is 9.06. The molecule has 1 aliphatic rings. The van der Waals surface area contributed by atoms with E-state index in [2.05, 4.69) is 11.6 Å². The van der Waals surface area contributed by atoms with Gasteiger partial charge in [0.2, 0.25) is 0 Å². The SMILES string of the molecule is C=CCOC(=O)c1sc(N2C(=O)C(=O)/C(=C(/O)c3ccc(OCc4ccccc4)c(C)c3)[C@H]2c2ccc(CC)cc2)nc1C. The summed E-state index contributed by atoms with van der Waals surface area (Å²) in [6.07, 6.45) is 2.26. The van der Waals surface area contributed by atoms with Gasteiger partial charge in [0.05, 0.1) is 17.3 Å². The fourth-order valence-electron chi connectivity index (χ4n) is 5.01. The van der Waals surface area contributed by atoms with Crippen LogP contribution in [0.3, 0.4) is 0 Å². The molecule has 0 spiro atoms. The summed E-state index contributed by atoms with van der Waals surface area (Å²) in [5.74, 6) is -1.98. The number of aryl methyl sites for hydroxylation is 3. The summed E-state index contributed by atoms with van der Waals surface area (Å²) in [4.78, 5) is 45.8. The number of benzene rings is 3. The lowest BCUT2D eigenvalue weighted by molar-refractivity contribution is -0.132. The molecule has 0 bridgehead atoms. The molecule has 5 rings (SSSR count). The molecule has 1 aliphatic heterocycles. The molecule has 44 heavy (non-hydrogen) atoms. The molecule has 0 aliphatic carbocycles. The molecule has 8 nitrogen and oxygen atoms in total. The number of nitrogens with zero attached hydrogens (tertiary/aromatic N) is 2. The first-order chi connectivity index (χ1) is 21.2. The number of carbonyl (C=O) groups is 3. The third-order valence-corrected chi connectivity index (χ3v) is 8.48. The standard InChI is InChI=1S/C35H32N2O6S/c1-5-18-42-34(41)32-22(4)36-35(44-32)37-29(25-14-12-23(6-2)13-15-25)28(31(39)33(37)40)30(38)26-16-17-27(21(3)19-26)43-20-24-10-8-7-9-11-24/h5,7-17,19,29,38H,1,6,18,20H2,2-4H3/b30-28+/t29-/m1/s1. The van der Waals surface area contributed by atoms with Crippen molar-refractivity contribution in [1.29, 1.82) is 0 Å². The molecule has 9 heteroatoms. The normalized spacial score (nSPS) is 15.8. The molecule has 1 atom stereocenters. The van der Waals surface area contributed by atoms with Gasteiger partial charge in [0.25, 0.3) is 5.78 Å². The zero-order valence-electron chi connectivity index (χ0n) is 24.7. The van der Waals surface area contributed by atoms with Crippen LogP contribution in [0.2, 0.25) is 0 Å². The molecule has 224 valence electrons. The van der Waals surface area contributed by atoms with Crippen LogP contribution < -0.4 is 9.64 Å². The average Bonchev–Trinajstić information content (AvgIpc) is 3.55. The van der Waals surface area contributed by atoms with Gasteiger partial charge in [-0.3, -0.25) is 14.5 Å². The van der Waals surface area contributed by atoms with Crippen molar-refractivity contribution < 1.29 is 29.0 Å². The first kappa shape index (κ1) is 30.4. The summed E-state index contributed by atoms with van der Waals surface area (Å²) in [5, 5.41) is 11.8. The van der Waals surface area contributed by atoms with Gasteiger partial charge in [-0.05, 0) is 60.7 Å². The van der Waals surface area contributed by atoms with Crippen LogP contribution in [0.25, 0.3) is 5.76 Å². The molecule has 0 saturated carbocycles. The number of anilines is 1. The summed E-state index contributed by atoms with van der Waals surface area (Å²) in [6.45, 7) is 9.47. The van der Waals surface area contributed by atoms with Gasteiger partial charge in [0.1, 0.15) is 29.6 Å². The van der Waals surface area contributed by atoms with Gasteiger partial charge >= 0.3 is 11.9 Å². The van der Waals surface area contributed by atoms with Crippen LogP contribution in [-0.4, -0.2) is 34.4 Å². The number of carbonyl (C=O) groups excluding carboxylic acids is 3. The Balaban J connectivity index is 1.56. The van der Waals surface area contributed by atoms with Gasteiger partial charge < -0.3 is 14.6 Å². The Bertz CT molecular complexity index is 1760. The number of hydrogen-bond donors (Lipinski definition) is 1. The molecule has 2 heterocycles. The number of Topliss-reactive ketones (excluding diaryl/α,β-unsaturated/α-hetero) is 1. The second kappa shape index (κ2) is 13.1. The van der Waals surface area contributed by atoms with Crippen LogP contribution in [0.4, 0.5) is 5.13 Å². The minimum atomic E-state index is -0.974. The van der Waals surface area contributed by atoms with Crippen LogP contribution >= 0.6 is 11.3 Å². The number of esters is 1. The van der Waals surface area contributed by atoms with Gasteiger partial charge in [-0.2, -0.15) is 0 Å². The number of amides is 1. The highest BCUT2D eigenvalue weighted by Crippen LogP contribution is 2.44. The third kappa shape index (κ3) is 6.05. The van der Waals surface area contributed by atoms with E-state index in [1.54, 1.807) is 25.1 Å². The predicted octanol–water partition coefficient (Wildman–Crippen LogP) is 6.87. The number of hydrogen-bond acceptors (Lipinski definition) is 8. The quantitative estimate of drug-likeness (QED) is 0.0689. The van der Waals surface area contributed by atoms with Crippen molar-refractivity contribution in [3.05, 3.63) is 129 Å². The van der Waals surface area contributed by atoms with Gasteiger partial charge in [-0.1, -0.05) is 85.5 Å². The van der Waals surface area contributed by atoms with E-state index in [9.17, 15) is 19.5 Å². The van der Waals surface area contributed by atoms with Crippen molar-refractivity contribution in [3.63, 3.8) is 0 Å². The Hall–Kier alpha value is -5.02. The maximum absolute atomic E-state index is 13.6. The minimum absolute atomic E-state index is 0.0231. The fourth-order valence-corrected chi connectivity index (χ4v) is 5.99. The van der Waals surface area contributed by atoms with Crippen LogP contribution in [0.1, 0.15) is 56.1 Å². The highest BCUT2D eigenvalue weighted by atomic mass is 32.1.